The minimum atomic E-state index is 0.0686. The number of allylic oxidation sites excluding steroid dienone is 1. The van der Waals surface area contributed by atoms with Crippen LogP contribution in [-0.2, 0) is 4.79 Å². The lowest BCUT2D eigenvalue weighted by Gasteiger charge is -2.34. The Hall–Kier alpha value is -2.74. The van der Waals surface area contributed by atoms with Crippen molar-refractivity contribution >= 4 is 40.2 Å². The molecule has 1 aliphatic carbocycles. The van der Waals surface area contributed by atoms with E-state index in [-0.39, 0.29) is 11.7 Å². The summed E-state index contributed by atoms with van der Waals surface area (Å²) in [5.74, 6) is 2.33. The number of nitrogens with two attached hydrogens (primary N) is 1. The predicted octanol–water partition coefficient (Wildman–Crippen LogP) is 2.50. The number of rotatable bonds is 5. The number of nitrogen functional groups attached to an aromatic ring is 1. The van der Waals surface area contributed by atoms with Crippen molar-refractivity contribution in [1.82, 2.24) is 14.9 Å². The average Bonchev–Trinajstić information content (AvgIpc) is 3.56. The maximum Gasteiger partial charge on any atom is 0.246 e. The molecule has 4 rings (SSSR count). The largest absolute Gasteiger partial charge is 0.493 e. The van der Waals surface area contributed by atoms with Crippen LogP contribution < -0.4 is 20.1 Å². The number of methoxy groups -OCH3 is 2. The van der Waals surface area contributed by atoms with Gasteiger partial charge in [0, 0.05) is 32.2 Å². The number of carbonyl (C=O) groups excluding carboxylic acids is 1. The first-order valence-electron chi connectivity index (χ1n) is 9.61. The minimum absolute atomic E-state index is 0.0686. The highest BCUT2D eigenvalue weighted by molar-refractivity contribution is 6.38. The highest BCUT2D eigenvalue weighted by Crippen LogP contribution is 2.42. The molecule has 2 aromatic rings. The van der Waals surface area contributed by atoms with Gasteiger partial charge in [0.1, 0.15) is 5.82 Å². The molecule has 0 unspecified atom stereocenters. The van der Waals surface area contributed by atoms with Crippen molar-refractivity contribution < 1.29 is 14.3 Å². The Bertz CT molecular complexity index is 968. The van der Waals surface area contributed by atoms with Crippen molar-refractivity contribution in [3.63, 3.8) is 0 Å². The number of hydrogen-bond acceptors (Lipinski definition) is 7. The Morgan fingerprint density at radius 1 is 1.21 bits per heavy atom. The summed E-state index contributed by atoms with van der Waals surface area (Å²) >= 11 is 6.45. The second-order valence-electron chi connectivity index (χ2n) is 7.24. The van der Waals surface area contributed by atoms with E-state index in [9.17, 15) is 4.79 Å². The van der Waals surface area contributed by atoms with Crippen LogP contribution in [0.25, 0.3) is 10.9 Å². The molecule has 0 atom stereocenters. The molecule has 1 saturated carbocycles. The van der Waals surface area contributed by atoms with Gasteiger partial charge in [-0.1, -0.05) is 17.7 Å². The van der Waals surface area contributed by atoms with Crippen LogP contribution in [0.1, 0.15) is 12.8 Å². The molecule has 29 heavy (non-hydrogen) atoms. The van der Waals surface area contributed by atoms with E-state index in [0.717, 1.165) is 0 Å². The summed E-state index contributed by atoms with van der Waals surface area (Å²) in [6, 6.07) is 1.74. The molecule has 0 spiro atoms. The minimum Gasteiger partial charge on any atom is -0.493 e. The van der Waals surface area contributed by atoms with Gasteiger partial charge in [-0.25, -0.2) is 4.98 Å². The van der Waals surface area contributed by atoms with E-state index in [1.54, 1.807) is 19.3 Å². The topological polar surface area (TPSA) is 93.8 Å². The summed E-state index contributed by atoms with van der Waals surface area (Å²) in [6.45, 7) is 2.49. The standard InChI is InChI=1S/C20H24ClN5O3/c1-28-14-11-13-16(17(21)18(14)29-2)19(22)24-20(23-13)26-9-7-25(8-10-26)15(27)6-5-12-3-4-12/h5-6,11-12H,3-4,7-10H2,1-2H3,(H2,22,23,24)/b6-5+. The Morgan fingerprint density at radius 2 is 1.93 bits per heavy atom. The number of amides is 1. The third kappa shape index (κ3) is 3.89. The second-order valence-corrected chi connectivity index (χ2v) is 7.62. The van der Waals surface area contributed by atoms with Crippen molar-refractivity contribution in [3.05, 3.63) is 23.2 Å². The van der Waals surface area contributed by atoms with Crippen LogP contribution in [-0.4, -0.2) is 61.2 Å². The normalized spacial score (nSPS) is 17.2. The Balaban J connectivity index is 1.54. The molecule has 8 nitrogen and oxygen atoms in total. The molecule has 2 aliphatic rings. The number of fused-ring (bicyclic) bond motifs is 1. The summed E-state index contributed by atoms with van der Waals surface area (Å²) < 4.78 is 10.7. The molecule has 1 aromatic carbocycles. The molecular formula is C20H24ClN5O3. The smallest absolute Gasteiger partial charge is 0.246 e. The molecule has 0 bridgehead atoms. The van der Waals surface area contributed by atoms with Gasteiger partial charge >= 0.3 is 0 Å². The van der Waals surface area contributed by atoms with Crippen molar-refractivity contribution in [2.45, 2.75) is 12.8 Å². The molecule has 1 amide bonds. The highest BCUT2D eigenvalue weighted by atomic mass is 35.5. The van der Waals surface area contributed by atoms with Crippen molar-refractivity contribution in [1.29, 1.82) is 0 Å². The summed E-state index contributed by atoms with van der Waals surface area (Å²) in [5, 5.41) is 0.857. The Labute approximate surface area is 174 Å². The van der Waals surface area contributed by atoms with Crippen LogP contribution in [0, 0.1) is 5.92 Å². The van der Waals surface area contributed by atoms with Gasteiger partial charge in [0.05, 0.1) is 30.1 Å². The van der Waals surface area contributed by atoms with Crippen molar-refractivity contribution in [3.8, 4) is 11.5 Å². The van der Waals surface area contributed by atoms with E-state index in [1.165, 1.54) is 20.0 Å². The zero-order chi connectivity index (χ0) is 20.5. The fourth-order valence-corrected chi connectivity index (χ4v) is 3.81. The van der Waals surface area contributed by atoms with Crippen LogP contribution in [0.4, 0.5) is 11.8 Å². The fourth-order valence-electron chi connectivity index (χ4n) is 3.45. The van der Waals surface area contributed by atoms with Crippen molar-refractivity contribution in [2.75, 3.05) is 51.0 Å². The number of piperazine rings is 1. The monoisotopic (exact) mass is 417 g/mol. The molecule has 1 saturated heterocycles. The summed E-state index contributed by atoms with van der Waals surface area (Å²) in [4.78, 5) is 25.3. The SMILES string of the molecule is COc1cc2nc(N3CCN(C(=O)/C=C/C4CC4)CC3)nc(N)c2c(Cl)c1OC. The first kappa shape index (κ1) is 19.6. The van der Waals surface area contributed by atoms with E-state index < -0.39 is 0 Å². The number of benzene rings is 1. The highest BCUT2D eigenvalue weighted by Gasteiger charge is 2.25. The summed E-state index contributed by atoms with van der Waals surface area (Å²) in [6.07, 6.45) is 6.12. The lowest BCUT2D eigenvalue weighted by atomic mass is 10.2. The number of nitrogens with zero attached hydrogens (tertiary/aromatic N) is 4. The number of anilines is 2. The van der Waals surface area contributed by atoms with Gasteiger partial charge in [0.15, 0.2) is 11.5 Å². The third-order valence-electron chi connectivity index (χ3n) is 5.29. The second kappa shape index (κ2) is 7.94. The maximum absolute atomic E-state index is 12.3. The molecule has 1 aliphatic heterocycles. The summed E-state index contributed by atoms with van der Waals surface area (Å²) in [7, 11) is 3.06. The zero-order valence-electron chi connectivity index (χ0n) is 16.5. The van der Waals surface area contributed by atoms with Gasteiger partial charge in [-0.3, -0.25) is 4.79 Å². The molecule has 0 radical (unpaired) electrons. The van der Waals surface area contributed by atoms with Crippen LogP contribution in [0.15, 0.2) is 18.2 Å². The quantitative estimate of drug-likeness (QED) is 0.747. The summed E-state index contributed by atoms with van der Waals surface area (Å²) in [5.41, 5.74) is 6.78. The molecule has 2 fully saturated rings. The van der Waals surface area contributed by atoms with Gasteiger partial charge < -0.3 is 25.0 Å². The first-order valence-corrected chi connectivity index (χ1v) is 9.99. The third-order valence-corrected chi connectivity index (χ3v) is 5.66. The van der Waals surface area contributed by atoms with E-state index in [4.69, 9.17) is 26.8 Å². The molecule has 154 valence electrons. The number of ether oxygens (including phenoxy) is 2. The number of carbonyl (C=O) groups is 1. The molecule has 2 heterocycles. The molecule has 2 N–H and O–H groups in total. The van der Waals surface area contributed by atoms with Crippen molar-refractivity contribution in [2.24, 2.45) is 5.92 Å². The van der Waals surface area contributed by atoms with Gasteiger partial charge in [-0.2, -0.15) is 4.98 Å². The molecule has 1 aromatic heterocycles. The van der Waals surface area contributed by atoms with Gasteiger partial charge in [-0.15, -0.1) is 0 Å². The average molecular weight is 418 g/mol. The predicted molar refractivity (Wildman–Crippen MR) is 113 cm³/mol. The van der Waals surface area contributed by atoms with E-state index in [1.807, 2.05) is 15.9 Å². The molecular weight excluding hydrogens is 394 g/mol. The van der Waals surface area contributed by atoms with Gasteiger partial charge in [0.25, 0.3) is 0 Å². The molecule has 9 heteroatoms. The zero-order valence-corrected chi connectivity index (χ0v) is 17.3. The fraction of sp³-hybridized carbons (Fsp3) is 0.450. The van der Waals surface area contributed by atoms with Crippen LogP contribution in [0.5, 0.6) is 11.5 Å². The van der Waals surface area contributed by atoms with E-state index in [2.05, 4.69) is 9.97 Å². The number of aromatic nitrogens is 2. The lowest BCUT2D eigenvalue weighted by Crippen LogP contribution is -2.48. The first-order chi connectivity index (χ1) is 14.0. The van der Waals surface area contributed by atoms with Gasteiger partial charge in [-0.05, 0) is 24.8 Å². The maximum atomic E-state index is 12.3. The van der Waals surface area contributed by atoms with Crippen LogP contribution in [0.2, 0.25) is 5.02 Å². The number of halogens is 1. The van der Waals surface area contributed by atoms with E-state index >= 15 is 0 Å². The van der Waals surface area contributed by atoms with Crippen LogP contribution >= 0.6 is 11.6 Å². The Kier molecular flexibility index (Phi) is 5.36. The number of hydrogen-bond donors (Lipinski definition) is 1. The Morgan fingerprint density at radius 3 is 2.55 bits per heavy atom. The lowest BCUT2D eigenvalue weighted by molar-refractivity contribution is -0.126. The van der Waals surface area contributed by atoms with Crippen LogP contribution in [0.3, 0.4) is 0 Å². The van der Waals surface area contributed by atoms with Gasteiger partial charge in [0.2, 0.25) is 11.9 Å². The van der Waals surface area contributed by atoms with E-state index in [0.29, 0.717) is 65.5 Å².